The predicted octanol–water partition coefficient (Wildman–Crippen LogP) is 2.38. The van der Waals surface area contributed by atoms with Crippen LogP contribution in [0.4, 0.5) is 10.5 Å². The average Bonchev–Trinajstić information content (AvgIpc) is 2.56. The molecule has 1 aromatic heterocycles. The second kappa shape index (κ2) is 7.66. The van der Waals surface area contributed by atoms with Crippen molar-refractivity contribution in [1.29, 1.82) is 0 Å². The van der Waals surface area contributed by atoms with E-state index in [1.54, 1.807) is 29.4 Å². The highest BCUT2D eigenvalue weighted by Gasteiger charge is 2.38. The number of urea groups is 1. The molecule has 0 saturated carbocycles. The maximum absolute atomic E-state index is 12.4. The van der Waals surface area contributed by atoms with Gasteiger partial charge in [-0.1, -0.05) is 6.07 Å². The highest BCUT2D eigenvalue weighted by Crippen LogP contribution is 2.22. The van der Waals surface area contributed by atoms with E-state index in [1.807, 2.05) is 32.0 Å². The number of anilines is 1. The van der Waals surface area contributed by atoms with Gasteiger partial charge in [0.25, 0.3) is 0 Å². The van der Waals surface area contributed by atoms with E-state index < -0.39 is 10.0 Å². The maximum Gasteiger partial charge on any atom is 0.321 e. The number of amides is 2. The second-order valence-corrected chi connectivity index (χ2v) is 8.89. The topological polar surface area (TPSA) is 82.6 Å². The van der Waals surface area contributed by atoms with Crippen molar-refractivity contribution in [2.75, 3.05) is 24.7 Å². The fourth-order valence-corrected chi connectivity index (χ4v) is 4.07. The zero-order valence-electron chi connectivity index (χ0n) is 15.7. The Bertz CT molecular complexity index is 925. The van der Waals surface area contributed by atoms with Gasteiger partial charge in [-0.15, -0.1) is 0 Å². The van der Waals surface area contributed by atoms with E-state index >= 15 is 0 Å². The molecule has 0 atom stereocenters. The summed E-state index contributed by atoms with van der Waals surface area (Å²) in [6.45, 7) is 5.03. The zero-order valence-corrected chi connectivity index (χ0v) is 16.5. The Labute approximate surface area is 160 Å². The summed E-state index contributed by atoms with van der Waals surface area (Å²) in [5.74, 6) is 0. The van der Waals surface area contributed by atoms with Crippen LogP contribution in [0, 0.1) is 13.8 Å². The van der Waals surface area contributed by atoms with Crippen molar-refractivity contribution in [2.24, 2.45) is 0 Å². The number of hydrogen-bond donors (Lipinski definition) is 1. The van der Waals surface area contributed by atoms with Crippen molar-refractivity contribution >= 4 is 21.7 Å². The lowest BCUT2D eigenvalue weighted by molar-refractivity contribution is 0.106. The number of aromatic nitrogens is 1. The predicted molar refractivity (Wildman–Crippen MR) is 105 cm³/mol. The minimum Gasteiger partial charge on any atom is -0.321 e. The number of carbonyl (C=O) groups is 1. The smallest absolute Gasteiger partial charge is 0.321 e. The molecule has 27 heavy (non-hydrogen) atoms. The van der Waals surface area contributed by atoms with Crippen LogP contribution in [-0.2, 0) is 16.6 Å². The number of sulfonamides is 1. The number of rotatable bonds is 5. The van der Waals surface area contributed by atoms with Gasteiger partial charge in [-0.3, -0.25) is 4.98 Å². The molecular weight excluding hydrogens is 364 g/mol. The molecule has 1 fully saturated rings. The molecule has 1 saturated heterocycles. The van der Waals surface area contributed by atoms with Gasteiger partial charge < -0.3 is 10.2 Å². The van der Waals surface area contributed by atoms with Crippen molar-refractivity contribution in [3.05, 3.63) is 59.4 Å². The van der Waals surface area contributed by atoms with Crippen molar-refractivity contribution in [2.45, 2.75) is 26.4 Å². The van der Waals surface area contributed by atoms with Crippen LogP contribution in [0.15, 0.2) is 42.7 Å². The van der Waals surface area contributed by atoms with Crippen molar-refractivity contribution in [3.8, 4) is 0 Å². The Hall–Kier alpha value is -2.45. The largest absolute Gasteiger partial charge is 0.321 e. The van der Waals surface area contributed by atoms with E-state index in [4.69, 9.17) is 0 Å². The molecule has 1 N–H and O–H groups in total. The summed E-state index contributed by atoms with van der Waals surface area (Å²) in [6, 6.07) is 8.90. The van der Waals surface area contributed by atoms with Crippen molar-refractivity contribution in [3.63, 3.8) is 0 Å². The molecule has 2 heterocycles. The van der Waals surface area contributed by atoms with Gasteiger partial charge >= 0.3 is 6.03 Å². The van der Waals surface area contributed by atoms with E-state index in [9.17, 15) is 13.2 Å². The number of nitrogens with zero attached hydrogens (tertiary/aromatic N) is 3. The number of aryl methyl sites for hydroxylation is 2. The fourth-order valence-electron chi connectivity index (χ4n) is 3.01. The first-order valence-electron chi connectivity index (χ1n) is 8.73. The van der Waals surface area contributed by atoms with Crippen LogP contribution in [0.3, 0.4) is 0 Å². The summed E-state index contributed by atoms with van der Waals surface area (Å²) < 4.78 is 25.8. The van der Waals surface area contributed by atoms with Gasteiger partial charge in [0, 0.05) is 37.7 Å². The van der Waals surface area contributed by atoms with Crippen LogP contribution in [0.5, 0.6) is 0 Å². The minimum atomic E-state index is -3.39. The third-order valence-electron chi connectivity index (χ3n) is 4.83. The number of nitrogens with one attached hydrogen (secondary N) is 1. The molecular formula is C19H24N4O3S. The summed E-state index contributed by atoms with van der Waals surface area (Å²) in [5, 5.41) is 2.87. The summed E-state index contributed by atoms with van der Waals surface area (Å²) in [7, 11) is -3.39. The van der Waals surface area contributed by atoms with E-state index in [1.165, 1.54) is 10.6 Å². The summed E-state index contributed by atoms with van der Waals surface area (Å²) in [5.41, 5.74) is 3.88. The number of carbonyl (C=O) groups excluding carboxylic acids is 1. The Kier molecular flexibility index (Phi) is 5.48. The number of pyridine rings is 1. The molecule has 1 aromatic carbocycles. The van der Waals surface area contributed by atoms with E-state index in [0.717, 1.165) is 22.4 Å². The molecule has 2 amide bonds. The molecule has 1 aliphatic heterocycles. The van der Waals surface area contributed by atoms with Crippen molar-refractivity contribution < 1.29 is 13.2 Å². The molecule has 1 aliphatic rings. The highest BCUT2D eigenvalue weighted by atomic mass is 32.2. The summed E-state index contributed by atoms with van der Waals surface area (Å²) >= 11 is 0. The van der Waals surface area contributed by atoms with Crippen LogP contribution in [0.1, 0.15) is 16.7 Å². The van der Waals surface area contributed by atoms with E-state index in [2.05, 4.69) is 10.3 Å². The van der Waals surface area contributed by atoms with Crippen LogP contribution in [0.25, 0.3) is 0 Å². The van der Waals surface area contributed by atoms with Gasteiger partial charge in [0.15, 0.2) is 0 Å². The standard InChI is InChI=1S/C19H24N4O3S/c1-14-4-5-17(10-15(14)2)21-19(24)22-12-18(13-22)23(27(3,25)26)11-16-6-8-20-9-7-16/h4-10,18H,11-13H2,1-3H3,(H,21,24). The van der Waals surface area contributed by atoms with Crippen molar-refractivity contribution in [1.82, 2.24) is 14.2 Å². The molecule has 0 aliphatic carbocycles. The third kappa shape index (κ3) is 4.64. The van der Waals surface area contributed by atoms with Crippen LogP contribution in [0.2, 0.25) is 0 Å². The molecule has 3 rings (SSSR count). The molecule has 0 bridgehead atoms. The number of hydrogen-bond acceptors (Lipinski definition) is 4. The lowest BCUT2D eigenvalue weighted by Gasteiger charge is -2.44. The first-order chi connectivity index (χ1) is 12.7. The molecule has 0 unspecified atom stereocenters. The van der Waals surface area contributed by atoms with Crippen LogP contribution < -0.4 is 5.32 Å². The van der Waals surface area contributed by atoms with Gasteiger partial charge in [-0.2, -0.15) is 4.31 Å². The molecule has 8 heteroatoms. The van der Waals surface area contributed by atoms with Gasteiger partial charge in [0.2, 0.25) is 10.0 Å². The van der Waals surface area contributed by atoms with E-state index in [0.29, 0.717) is 13.1 Å². The number of benzene rings is 1. The lowest BCUT2D eigenvalue weighted by atomic mass is 10.1. The van der Waals surface area contributed by atoms with Gasteiger partial charge in [0.05, 0.1) is 12.3 Å². The SMILES string of the molecule is Cc1ccc(NC(=O)N2CC(N(Cc3ccncc3)S(C)(=O)=O)C2)cc1C. The summed E-state index contributed by atoms with van der Waals surface area (Å²) in [6.07, 6.45) is 4.48. The first-order valence-corrected chi connectivity index (χ1v) is 10.6. The molecule has 0 spiro atoms. The zero-order chi connectivity index (χ0) is 19.6. The van der Waals surface area contributed by atoms with Crippen LogP contribution in [-0.4, -0.2) is 54.0 Å². The van der Waals surface area contributed by atoms with Gasteiger partial charge in [-0.25, -0.2) is 13.2 Å². The third-order valence-corrected chi connectivity index (χ3v) is 6.11. The Morgan fingerprint density at radius 1 is 1.19 bits per heavy atom. The molecule has 0 radical (unpaired) electrons. The normalized spacial score (nSPS) is 14.9. The second-order valence-electron chi connectivity index (χ2n) is 6.95. The quantitative estimate of drug-likeness (QED) is 0.852. The maximum atomic E-state index is 12.4. The summed E-state index contributed by atoms with van der Waals surface area (Å²) in [4.78, 5) is 18.0. The first kappa shape index (κ1) is 19.3. The van der Waals surface area contributed by atoms with Crippen LogP contribution >= 0.6 is 0 Å². The lowest BCUT2D eigenvalue weighted by Crippen LogP contribution is -2.62. The Morgan fingerprint density at radius 3 is 2.44 bits per heavy atom. The number of likely N-dealkylation sites (tertiary alicyclic amines) is 1. The van der Waals surface area contributed by atoms with Gasteiger partial charge in [-0.05, 0) is 54.8 Å². The van der Waals surface area contributed by atoms with Gasteiger partial charge in [0.1, 0.15) is 0 Å². The molecule has 144 valence electrons. The molecule has 2 aromatic rings. The minimum absolute atomic E-state index is 0.216. The monoisotopic (exact) mass is 388 g/mol. The average molecular weight is 388 g/mol. The fraction of sp³-hybridized carbons (Fsp3) is 0.368. The molecule has 7 nitrogen and oxygen atoms in total. The van der Waals surface area contributed by atoms with E-state index in [-0.39, 0.29) is 18.6 Å². The highest BCUT2D eigenvalue weighted by molar-refractivity contribution is 7.88. The Balaban J connectivity index is 1.61. The Morgan fingerprint density at radius 2 is 1.85 bits per heavy atom.